The zero-order valence-electron chi connectivity index (χ0n) is 17.9. The van der Waals surface area contributed by atoms with Crippen LogP contribution in [0.5, 0.6) is 0 Å². The Morgan fingerprint density at radius 3 is 2.00 bits per heavy atom. The molecule has 0 aromatic rings. The molecule has 26 heavy (non-hydrogen) atoms. The summed E-state index contributed by atoms with van der Waals surface area (Å²) in [5.41, 5.74) is 0. The van der Waals surface area contributed by atoms with E-state index in [4.69, 9.17) is 0 Å². The molecule has 152 valence electrons. The van der Waals surface area contributed by atoms with Gasteiger partial charge in [-0.1, -0.05) is 70.3 Å². The fraction of sp³-hybridized carbons (Fsp3) is 0.783. The molecule has 0 spiro atoms. The molecule has 0 rings (SSSR count). The number of hydrogen-bond acceptors (Lipinski definition) is 2. The Morgan fingerprint density at radius 2 is 1.42 bits per heavy atom. The summed E-state index contributed by atoms with van der Waals surface area (Å²) in [7, 11) is 4.01. The van der Waals surface area contributed by atoms with Crippen molar-refractivity contribution < 1.29 is 4.79 Å². The van der Waals surface area contributed by atoms with E-state index in [1.807, 2.05) is 14.1 Å². The third kappa shape index (κ3) is 16.4. The summed E-state index contributed by atoms with van der Waals surface area (Å²) in [6.07, 6.45) is 24.4. The third-order valence-corrected chi connectivity index (χ3v) is 4.69. The normalized spacial score (nSPS) is 13.1. The molecule has 0 radical (unpaired) electrons. The Hall–Kier alpha value is -1.09. The van der Waals surface area contributed by atoms with Gasteiger partial charge in [-0.05, 0) is 59.0 Å². The van der Waals surface area contributed by atoms with Gasteiger partial charge in [0.1, 0.15) is 0 Å². The monoisotopic (exact) mass is 364 g/mol. The molecule has 0 heterocycles. The van der Waals surface area contributed by atoms with Crippen LogP contribution in [-0.4, -0.2) is 31.1 Å². The second-order valence-electron chi connectivity index (χ2n) is 7.44. The molecular weight excluding hydrogens is 320 g/mol. The van der Waals surface area contributed by atoms with Gasteiger partial charge in [0.15, 0.2) is 0 Å². The molecular formula is C23H44N2O. The standard InChI is InChI=1S/C23H44N2O/c1-5-7-8-9-10-11-12-13-14-15-16-17-18-19-20-21-23(26)24-22(6-2)25(3)4/h10-11,13-14,22H,5-9,12,15-21H2,1-4H3,(H,24,26)/b11-10-,14-13-. The predicted molar refractivity (Wildman–Crippen MR) is 115 cm³/mol. The lowest BCUT2D eigenvalue weighted by Crippen LogP contribution is -2.44. The SMILES string of the molecule is CCCCC/C=C\C/C=C\CCCCCCCC(=O)NC(CC)N(C)C. The van der Waals surface area contributed by atoms with Crippen molar-refractivity contribution in [2.75, 3.05) is 14.1 Å². The smallest absolute Gasteiger partial charge is 0.221 e. The minimum absolute atomic E-state index is 0.167. The Balaban J connectivity index is 3.43. The maximum absolute atomic E-state index is 11.9. The first kappa shape index (κ1) is 24.9. The van der Waals surface area contributed by atoms with Gasteiger partial charge in [-0.2, -0.15) is 0 Å². The Morgan fingerprint density at radius 1 is 0.846 bits per heavy atom. The summed E-state index contributed by atoms with van der Waals surface area (Å²) in [5.74, 6) is 0.191. The topological polar surface area (TPSA) is 32.3 Å². The van der Waals surface area contributed by atoms with E-state index in [2.05, 4.69) is 48.4 Å². The first-order chi connectivity index (χ1) is 12.6. The van der Waals surface area contributed by atoms with Gasteiger partial charge in [-0.3, -0.25) is 9.69 Å². The van der Waals surface area contributed by atoms with Crippen LogP contribution >= 0.6 is 0 Å². The van der Waals surface area contributed by atoms with Gasteiger partial charge >= 0.3 is 0 Å². The average molecular weight is 365 g/mol. The first-order valence-electron chi connectivity index (χ1n) is 10.9. The number of unbranched alkanes of at least 4 members (excludes halogenated alkanes) is 8. The van der Waals surface area contributed by atoms with Gasteiger partial charge in [0.2, 0.25) is 5.91 Å². The molecule has 0 aliphatic rings. The van der Waals surface area contributed by atoms with Crippen molar-refractivity contribution in [1.82, 2.24) is 10.2 Å². The second-order valence-corrected chi connectivity index (χ2v) is 7.44. The van der Waals surface area contributed by atoms with Crippen molar-refractivity contribution in [3.63, 3.8) is 0 Å². The lowest BCUT2D eigenvalue weighted by atomic mass is 10.1. The number of amides is 1. The lowest BCUT2D eigenvalue weighted by molar-refractivity contribution is -0.123. The molecule has 1 N–H and O–H groups in total. The van der Waals surface area contributed by atoms with Crippen molar-refractivity contribution in [2.24, 2.45) is 0 Å². The summed E-state index contributed by atoms with van der Waals surface area (Å²) in [6.45, 7) is 4.35. The molecule has 1 amide bonds. The number of rotatable bonds is 17. The van der Waals surface area contributed by atoms with Crippen LogP contribution in [0.1, 0.15) is 97.3 Å². The van der Waals surface area contributed by atoms with Gasteiger partial charge in [-0.15, -0.1) is 0 Å². The molecule has 0 bridgehead atoms. The summed E-state index contributed by atoms with van der Waals surface area (Å²) >= 11 is 0. The van der Waals surface area contributed by atoms with Gasteiger partial charge in [0.05, 0.1) is 6.17 Å². The van der Waals surface area contributed by atoms with Crippen molar-refractivity contribution in [1.29, 1.82) is 0 Å². The summed E-state index contributed by atoms with van der Waals surface area (Å²) in [4.78, 5) is 14.0. The minimum atomic E-state index is 0.167. The number of nitrogens with zero attached hydrogens (tertiary/aromatic N) is 1. The highest BCUT2D eigenvalue weighted by molar-refractivity contribution is 5.76. The van der Waals surface area contributed by atoms with Crippen LogP contribution in [0.2, 0.25) is 0 Å². The third-order valence-electron chi connectivity index (χ3n) is 4.69. The highest BCUT2D eigenvalue weighted by atomic mass is 16.1. The van der Waals surface area contributed by atoms with Crippen molar-refractivity contribution in [2.45, 2.75) is 103 Å². The highest BCUT2D eigenvalue weighted by Crippen LogP contribution is 2.08. The van der Waals surface area contributed by atoms with E-state index < -0.39 is 0 Å². The largest absolute Gasteiger partial charge is 0.341 e. The van der Waals surface area contributed by atoms with Crippen LogP contribution in [0.4, 0.5) is 0 Å². The highest BCUT2D eigenvalue weighted by Gasteiger charge is 2.11. The number of nitrogens with one attached hydrogen (secondary N) is 1. The number of hydrogen-bond donors (Lipinski definition) is 1. The van der Waals surface area contributed by atoms with Gasteiger partial charge in [0.25, 0.3) is 0 Å². The van der Waals surface area contributed by atoms with E-state index in [0.29, 0.717) is 6.42 Å². The quantitative estimate of drug-likeness (QED) is 0.189. The van der Waals surface area contributed by atoms with E-state index >= 15 is 0 Å². The Kier molecular flexibility index (Phi) is 17.9. The second kappa shape index (κ2) is 18.7. The van der Waals surface area contributed by atoms with Gasteiger partial charge in [-0.25, -0.2) is 0 Å². The minimum Gasteiger partial charge on any atom is -0.341 e. The van der Waals surface area contributed by atoms with Crippen LogP contribution in [0.25, 0.3) is 0 Å². The first-order valence-corrected chi connectivity index (χ1v) is 10.9. The molecule has 3 nitrogen and oxygen atoms in total. The zero-order valence-corrected chi connectivity index (χ0v) is 17.9. The van der Waals surface area contributed by atoms with Gasteiger partial charge < -0.3 is 5.32 Å². The lowest BCUT2D eigenvalue weighted by Gasteiger charge is -2.23. The molecule has 3 heteroatoms. The molecule has 0 aliphatic heterocycles. The maximum atomic E-state index is 11.9. The predicted octanol–water partition coefficient (Wildman–Crippen LogP) is 6.21. The maximum Gasteiger partial charge on any atom is 0.221 e. The summed E-state index contributed by atoms with van der Waals surface area (Å²) in [5, 5.41) is 3.09. The van der Waals surface area contributed by atoms with Crippen LogP contribution in [0.15, 0.2) is 24.3 Å². The van der Waals surface area contributed by atoms with E-state index in [9.17, 15) is 4.79 Å². The molecule has 0 aromatic heterocycles. The van der Waals surface area contributed by atoms with Crippen LogP contribution in [0.3, 0.4) is 0 Å². The zero-order chi connectivity index (χ0) is 19.5. The van der Waals surface area contributed by atoms with Crippen molar-refractivity contribution >= 4 is 5.91 Å². The van der Waals surface area contributed by atoms with Crippen LogP contribution in [-0.2, 0) is 4.79 Å². The van der Waals surface area contributed by atoms with E-state index in [1.54, 1.807) is 0 Å². The van der Waals surface area contributed by atoms with Crippen molar-refractivity contribution in [3.05, 3.63) is 24.3 Å². The van der Waals surface area contributed by atoms with Crippen molar-refractivity contribution in [3.8, 4) is 0 Å². The van der Waals surface area contributed by atoms with Crippen LogP contribution < -0.4 is 5.32 Å². The molecule has 1 unspecified atom stereocenters. The van der Waals surface area contributed by atoms with E-state index in [0.717, 1.165) is 25.7 Å². The molecule has 0 saturated heterocycles. The fourth-order valence-electron chi connectivity index (χ4n) is 2.95. The van der Waals surface area contributed by atoms with E-state index in [1.165, 1.54) is 51.4 Å². The van der Waals surface area contributed by atoms with E-state index in [-0.39, 0.29) is 12.1 Å². The molecule has 0 aliphatic carbocycles. The Bertz CT molecular complexity index is 374. The van der Waals surface area contributed by atoms with Crippen LogP contribution in [0, 0.1) is 0 Å². The fourth-order valence-corrected chi connectivity index (χ4v) is 2.95. The Labute approximate surface area is 163 Å². The molecule has 0 fully saturated rings. The number of carbonyl (C=O) groups is 1. The number of carbonyl (C=O) groups excluding carboxylic acids is 1. The number of allylic oxidation sites excluding steroid dienone is 4. The molecule has 0 saturated carbocycles. The molecule has 0 aromatic carbocycles. The van der Waals surface area contributed by atoms with Gasteiger partial charge in [0, 0.05) is 6.42 Å². The average Bonchev–Trinajstić information content (AvgIpc) is 2.62. The molecule has 1 atom stereocenters. The summed E-state index contributed by atoms with van der Waals surface area (Å²) < 4.78 is 0. The summed E-state index contributed by atoms with van der Waals surface area (Å²) in [6, 6.07) is 0.